The first-order chi connectivity index (χ1) is 16.0. The summed E-state index contributed by atoms with van der Waals surface area (Å²) in [7, 11) is 0. The number of thioether (sulfide) groups is 1. The Morgan fingerprint density at radius 2 is 1.91 bits per heavy atom. The van der Waals surface area contributed by atoms with Crippen LogP contribution >= 0.6 is 11.8 Å². The minimum Gasteiger partial charge on any atom is -0.465 e. The highest BCUT2D eigenvalue weighted by Crippen LogP contribution is 2.31. The average molecular weight is 466 g/mol. The zero-order chi connectivity index (χ0) is 23.4. The number of rotatable bonds is 9. The van der Waals surface area contributed by atoms with Crippen molar-refractivity contribution in [2.24, 2.45) is 0 Å². The molecule has 4 rings (SSSR count). The van der Waals surface area contributed by atoms with Gasteiger partial charge in [-0.25, -0.2) is 9.97 Å². The van der Waals surface area contributed by atoms with Crippen LogP contribution in [-0.4, -0.2) is 42.3 Å². The molecule has 0 saturated carbocycles. The number of nitro benzene ring substituents is 1. The number of benzene rings is 2. The highest BCUT2D eigenvalue weighted by atomic mass is 32.2. The summed E-state index contributed by atoms with van der Waals surface area (Å²) in [5, 5.41) is 16.6. The SMILES string of the molecule is CCCC[C@@H](Sc1nc2ccccc2c2nc(-c3ccc([N+](=O)[O-])cc3)nn12)C(=O)OCC. The van der Waals surface area contributed by atoms with E-state index in [0.29, 0.717) is 35.2 Å². The molecule has 1 atom stereocenters. The molecule has 0 aliphatic rings. The molecule has 0 aliphatic carbocycles. The van der Waals surface area contributed by atoms with Gasteiger partial charge in [-0.15, -0.1) is 5.10 Å². The van der Waals surface area contributed by atoms with Crippen LogP contribution in [0.25, 0.3) is 27.9 Å². The number of ether oxygens (including phenoxy) is 1. The number of hydrogen-bond acceptors (Lipinski definition) is 8. The Kier molecular flexibility index (Phi) is 6.83. The van der Waals surface area contributed by atoms with Crippen LogP contribution in [0.15, 0.2) is 53.7 Å². The second kappa shape index (κ2) is 9.95. The maximum Gasteiger partial charge on any atom is 0.319 e. The summed E-state index contributed by atoms with van der Waals surface area (Å²) < 4.78 is 6.93. The first-order valence-corrected chi connectivity index (χ1v) is 11.6. The molecule has 33 heavy (non-hydrogen) atoms. The van der Waals surface area contributed by atoms with Crippen molar-refractivity contribution in [1.82, 2.24) is 19.6 Å². The highest BCUT2D eigenvalue weighted by molar-refractivity contribution is 8.00. The minimum atomic E-state index is -0.446. The van der Waals surface area contributed by atoms with E-state index in [4.69, 9.17) is 14.7 Å². The fourth-order valence-electron chi connectivity index (χ4n) is 3.44. The second-order valence-corrected chi connectivity index (χ2v) is 8.56. The average Bonchev–Trinajstić information content (AvgIpc) is 3.28. The fourth-order valence-corrected chi connectivity index (χ4v) is 4.52. The number of para-hydroxylation sites is 1. The molecular formula is C23H23N5O4S. The van der Waals surface area contributed by atoms with Gasteiger partial charge in [0.15, 0.2) is 16.6 Å². The molecule has 2 aromatic carbocycles. The summed E-state index contributed by atoms with van der Waals surface area (Å²) in [6, 6.07) is 13.7. The Balaban J connectivity index is 1.81. The molecule has 0 saturated heterocycles. The number of nitro groups is 1. The fraction of sp³-hybridized carbons (Fsp3) is 0.304. The number of aromatic nitrogens is 4. The van der Waals surface area contributed by atoms with Gasteiger partial charge in [-0.05, 0) is 37.6 Å². The number of fused-ring (bicyclic) bond motifs is 3. The lowest BCUT2D eigenvalue weighted by molar-refractivity contribution is -0.384. The number of esters is 1. The quantitative estimate of drug-likeness (QED) is 0.111. The molecule has 9 nitrogen and oxygen atoms in total. The van der Waals surface area contributed by atoms with E-state index in [-0.39, 0.29) is 11.7 Å². The van der Waals surface area contributed by atoms with Crippen LogP contribution in [0.5, 0.6) is 0 Å². The first kappa shape index (κ1) is 22.7. The molecule has 10 heteroatoms. The number of non-ortho nitro benzene ring substituents is 1. The lowest BCUT2D eigenvalue weighted by Gasteiger charge is -2.15. The standard InChI is InChI=1S/C23H23N5O4S/c1-3-5-10-19(22(29)32-4-2)33-23-24-18-9-7-6-8-17(18)21-25-20(26-27(21)23)15-11-13-16(14-12-15)28(30)31/h6-9,11-14,19H,3-5,10H2,1-2H3/t19-/m1/s1. The Morgan fingerprint density at radius 3 is 2.61 bits per heavy atom. The van der Waals surface area contributed by atoms with Gasteiger partial charge in [-0.1, -0.05) is 43.7 Å². The number of nitrogens with zero attached hydrogens (tertiary/aromatic N) is 5. The van der Waals surface area contributed by atoms with E-state index < -0.39 is 10.2 Å². The summed E-state index contributed by atoms with van der Waals surface area (Å²) >= 11 is 1.32. The molecule has 0 radical (unpaired) electrons. The van der Waals surface area contributed by atoms with Crippen LogP contribution in [0.2, 0.25) is 0 Å². The lowest BCUT2D eigenvalue weighted by Crippen LogP contribution is -2.21. The van der Waals surface area contributed by atoms with Crippen LogP contribution in [-0.2, 0) is 9.53 Å². The third-order valence-electron chi connectivity index (χ3n) is 5.10. The molecular weight excluding hydrogens is 442 g/mol. The van der Waals surface area contributed by atoms with Crippen molar-refractivity contribution >= 4 is 40.0 Å². The van der Waals surface area contributed by atoms with Crippen LogP contribution in [0, 0.1) is 10.1 Å². The number of hydrogen-bond donors (Lipinski definition) is 0. The van der Waals surface area contributed by atoms with E-state index in [0.717, 1.165) is 23.7 Å². The Hall–Kier alpha value is -3.53. The third kappa shape index (κ3) is 4.80. The minimum absolute atomic E-state index is 0.000854. The van der Waals surface area contributed by atoms with Crippen molar-refractivity contribution in [3.05, 3.63) is 58.6 Å². The van der Waals surface area contributed by atoms with Gasteiger partial charge in [0.2, 0.25) is 0 Å². The molecule has 0 N–H and O–H groups in total. The molecule has 0 amide bonds. The Morgan fingerprint density at radius 1 is 1.15 bits per heavy atom. The summed E-state index contributed by atoms with van der Waals surface area (Å²) in [5.74, 6) is 0.154. The Labute approximate surface area is 194 Å². The van der Waals surface area contributed by atoms with E-state index in [1.165, 1.54) is 23.9 Å². The zero-order valence-electron chi connectivity index (χ0n) is 18.3. The monoisotopic (exact) mass is 465 g/mol. The van der Waals surface area contributed by atoms with Crippen molar-refractivity contribution in [1.29, 1.82) is 0 Å². The summed E-state index contributed by atoms with van der Waals surface area (Å²) in [6.07, 6.45) is 2.52. The van der Waals surface area contributed by atoms with E-state index in [1.54, 1.807) is 23.6 Å². The lowest BCUT2D eigenvalue weighted by atomic mass is 10.2. The molecule has 2 aromatic heterocycles. The number of unbranched alkanes of at least 4 members (excludes halogenated alkanes) is 1. The Bertz CT molecular complexity index is 1310. The van der Waals surface area contributed by atoms with E-state index in [9.17, 15) is 14.9 Å². The second-order valence-electron chi connectivity index (χ2n) is 7.39. The van der Waals surface area contributed by atoms with Crippen LogP contribution in [0.1, 0.15) is 33.1 Å². The van der Waals surface area contributed by atoms with E-state index in [1.807, 2.05) is 24.3 Å². The van der Waals surface area contributed by atoms with Crippen molar-refractivity contribution in [3.8, 4) is 11.4 Å². The maximum absolute atomic E-state index is 12.6. The van der Waals surface area contributed by atoms with E-state index >= 15 is 0 Å². The van der Waals surface area contributed by atoms with Gasteiger partial charge in [0.25, 0.3) is 5.69 Å². The van der Waals surface area contributed by atoms with Crippen molar-refractivity contribution < 1.29 is 14.5 Å². The number of carbonyl (C=O) groups excluding carboxylic acids is 1. The summed E-state index contributed by atoms with van der Waals surface area (Å²) in [6.45, 7) is 4.18. The topological polar surface area (TPSA) is 113 Å². The third-order valence-corrected chi connectivity index (χ3v) is 6.29. The van der Waals surface area contributed by atoms with Gasteiger partial charge in [0.05, 0.1) is 17.0 Å². The normalized spacial score (nSPS) is 12.2. The van der Waals surface area contributed by atoms with Gasteiger partial charge >= 0.3 is 5.97 Å². The van der Waals surface area contributed by atoms with Gasteiger partial charge < -0.3 is 4.74 Å². The van der Waals surface area contributed by atoms with Gasteiger partial charge in [-0.2, -0.15) is 4.52 Å². The number of carbonyl (C=O) groups is 1. The molecule has 0 unspecified atom stereocenters. The predicted molar refractivity (Wildman–Crippen MR) is 126 cm³/mol. The van der Waals surface area contributed by atoms with Crippen molar-refractivity contribution in [3.63, 3.8) is 0 Å². The molecule has 0 fully saturated rings. The highest BCUT2D eigenvalue weighted by Gasteiger charge is 2.24. The first-order valence-electron chi connectivity index (χ1n) is 10.8. The van der Waals surface area contributed by atoms with Gasteiger partial charge in [-0.3, -0.25) is 14.9 Å². The van der Waals surface area contributed by atoms with Crippen LogP contribution in [0.4, 0.5) is 5.69 Å². The zero-order valence-corrected chi connectivity index (χ0v) is 19.1. The smallest absolute Gasteiger partial charge is 0.319 e. The predicted octanol–water partition coefficient (Wildman–Crippen LogP) is 5.07. The molecule has 2 heterocycles. The summed E-state index contributed by atoms with van der Waals surface area (Å²) in [5.41, 5.74) is 2.00. The van der Waals surface area contributed by atoms with Crippen LogP contribution < -0.4 is 0 Å². The van der Waals surface area contributed by atoms with Gasteiger partial charge in [0, 0.05) is 23.1 Å². The van der Waals surface area contributed by atoms with Crippen molar-refractivity contribution in [2.75, 3.05) is 6.61 Å². The van der Waals surface area contributed by atoms with Crippen molar-refractivity contribution in [2.45, 2.75) is 43.5 Å². The molecule has 170 valence electrons. The van der Waals surface area contributed by atoms with Crippen LogP contribution in [0.3, 0.4) is 0 Å². The largest absolute Gasteiger partial charge is 0.465 e. The molecule has 4 aromatic rings. The summed E-state index contributed by atoms with van der Waals surface area (Å²) in [4.78, 5) is 32.6. The maximum atomic E-state index is 12.6. The van der Waals surface area contributed by atoms with Gasteiger partial charge in [0.1, 0.15) is 5.25 Å². The molecule has 0 bridgehead atoms. The molecule has 0 spiro atoms. The van der Waals surface area contributed by atoms with E-state index in [2.05, 4.69) is 12.0 Å². The molecule has 0 aliphatic heterocycles.